The van der Waals surface area contributed by atoms with Crippen molar-refractivity contribution in [2.45, 2.75) is 56.3 Å². The van der Waals surface area contributed by atoms with E-state index in [1.165, 1.54) is 18.0 Å². The van der Waals surface area contributed by atoms with E-state index in [0.29, 0.717) is 0 Å². The zero-order chi connectivity index (χ0) is 13.1. The Morgan fingerprint density at radius 3 is 2.61 bits per heavy atom. The quantitative estimate of drug-likeness (QED) is 0.564. The van der Waals surface area contributed by atoms with Gasteiger partial charge in [0.1, 0.15) is 5.06 Å². The van der Waals surface area contributed by atoms with Crippen molar-refractivity contribution in [2.24, 2.45) is 0 Å². The Hall–Kier alpha value is -0.313. The van der Waals surface area contributed by atoms with Crippen LogP contribution < -0.4 is 0 Å². The standard InChI is InChI=1S/C15H23ClOSi/c1-3-15(16)11-8-12-18(4-2,17-15)13-14-9-6-5-7-10-14/h5-7,9-10H,3-4,8,11-13H2,1-2H3. The molecular weight excluding hydrogens is 260 g/mol. The predicted octanol–water partition coefficient (Wildman–Crippen LogP) is 4.89. The third-order valence-corrected chi connectivity index (χ3v) is 9.22. The highest BCUT2D eigenvalue weighted by molar-refractivity contribution is 6.73. The zero-order valence-corrected chi connectivity index (χ0v) is 13.2. The van der Waals surface area contributed by atoms with Crippen LogP contribution in [-0.4, -0.2) is 13.4 Å². The largest absolute Gasteiger partial charge is 0.398 e. The Morgan fingerprint density at radius 1 is 1.28 bits per heavy atom. The minimum absolute atomic E-state index is 0.380. The Morgan fingerprint density at radius 2 is 2.00 bits per heavy atom. The van der Waals surface area contributed by atoms with Gasteiger partial charge in [0, 0.05) is 0 Å². The molecule has 2 atom stereocenters. The van der Waals surface area contributed by atoms with Crippen LogP contribution in [-0.2, 0) is 10.5 Å². The van der Waals surface area contributed by atoms with E-state index in [1.54, 1.807) is 0 Å². The predicted molar refractivity (Wildman–Crippen MR) is 80.4 cm³/mol. The SMILES string of the molecule is CCC1(Cl)CCC[Si](CC)(Cc2ccccc2)O1. The number of rotatable bonds is 4. The van der Waals surface area contributed by atoms with Crippen LogP contribution in [0.15, 0.2) is 30.3 Å². The molecule has 0 aromatic heterocycles. The molecule has 0 aliphatic carbocycles. The molecule has 0 saturated carbocycles. The number of hydrogen-bond donors (Lipinski definition) is 0. The van der Waals surface area contributed by atoms with Gasteiger partial charge in [-0.05, 0) is 43.0 Å². The number of halogens is 1. The van der Waals surface area contributed by atoms with Gasteiger partial charge in [-0.15, -0.1) is 0 Å². The van der Waals surface area contributed by atoms with Gasteiger partial charge in [0.15, 0.2) is 8.32 Å². The summed E-state index contributed by atoms with van der Waals surface area (Å²) in [5.41, 5.74) is 1.41. The molecule has 0 spiro atoms. The van der Waals surface area contributed by atoms with E-state index in [4.69, 9.17) is 16.0 Å². The summed E-state index contributed by atoms with van der Waals surface area (Å²) in [5, 5.41) is -0.380. The highest BCUT2D eigenvalue weighted by atomic mass is 35.5. The van der Waals surface area contributed by atoms with Crippen LogP contribution in [0.1, 0.15) is 38.7 Å². The van der Waals surface area contributed by atoms with Gasteiger partial charge in [-0.3, -0.25) is 0 Å². The third kappa shape index (κ3) is 3.17. The zero-order valence-electron chi connectivity index (χ0n) is 11.4. The molecule has 100 valence electrons. The molecule has 3 heteroatoms. The molecule has 0 bridgehead atoms. The van der Waals surface area contributed by atoms with Gasteiger partial charge in [0.05, 0.1) is 0 Å². The highest BCUT2D eigenvalue weighted by Crippen LogP contribution is 2.41. The fraction of sp³-hybridized carbons (Fsp3) is 0.600. The summed E-state index contributed by atoms with van der Waals surface area (Å²) in [4.78, 5) is 0. The van der Waals surface area contributed by atoms with E-state index in [1.807, 2.05) is 0 Å². The summed E-state index contributed by atoms with van der Waals surface area (Å²) in [5.74, 6) is 0. The smallest absolute Gasteiger partial charge is 0.199 e. The van der Waals surface area contributed by atoms with Crippen molar-refractivity contribution in [1.29, 1.82) is 0 Å². The van der Waals surface area contributed by atoms with Crippen molar-refractivity contribution in [3.63, 3.8) is 0 Å². The van der Waals surface area contributed by atoms with Crippen LogP contribution in [0.5, 0.6) is 0 Å². The summed E-state index contributed by atoms with van der Waals surface area (Å²) in [7, 11) is -1.69. The minimum Gasteiger partial charge on any atom is -0.398 e. The number of alkyl halides is 1. The molecule has 1 aromatic rings. The van der Waals surface area contributed by atoms with Crippen LogP contribution in [0.2, 0.25) is 12.1 Å². The van der Waals surface area contributed by atoms with Crippen LogP contribution >= 0.6 is 11.6 Å². The van der Waals surface area contributed by atoms with Crippen LogP contribution in [0.4, 0.5) is 0 Å². The molecule has 18 heavy (non-hydrogen) atoms. The lowest BCUT2D eigenvalue weighted by atomic mass is 10.1. The van der Waals surface area contributed by atoms with E-state index in [2.05, 4.69) is 44.2 Å². The van der Waals surface area contributed by atoms with Crippen LogP contribution in [0.25, 0.3) is 0 Å². The number of benzene rings is 1. The van der Waals surface area contributed by atoms with Crippen molar-refractivity contribution >= 4 is 19.9 Å². The number of hydrogen-bond acceptors (Lipinski definition) is 1. The second-order valence-corrected chi connectivity index (χ2v) is 10.2. The van der Waals surface area contributed by atoms with Gasteiger partial charge in [-0.2, -0.15) is 0 Å². The van der Waals surface area contributed by atoms with E-state index < -0.39 is 8.32 Å². The summed E-state index contributed by atoms with van der Waals surface area (Å²) < 4.78 is 6.47. The van der Waals surface area contributed by atoms with Gasteiger partial charge in [0.2, 0.25) is 0 Å². The summed E-state index contributed by atoms with van der Waals surface area (Å²) >= 11 is 6.60. The Labute approximate surface area is 117 Å². The molecule has 1 aromatic carbocycles. The molecule has 0 N–H and O–H groups in total. The molecule has 0 radical (unpaired) electrons. The molecule has 2 rings (SSSR count). The molecule has 2 unspecified atom stereocenters. The molecule has 1 aliphatic heterocycles. The third-order valence-electron chi connectivity index (χ3n) is 4.12. The van der Waals surface area contributed by atoms with Crippen molar-refractivity contribution in [3.05, 3.63) is 35.9 Å². The lowest BCUT2D eigenvalue weighted by molar-refractivity contribution is 0.108. The second kappa shape index (κ2) is 5.77. The lowest BCUT2D eigenvalue weighted by Gasteiger charge is -2.44. The summed E-state index contributed by atoms with van der Waals surface area (Å²) in [6, 6.07) is 14.3. The average molecular weight is 283 g/mol. The second-order valence-electron chi connectivity index (χ2n) is 5.39. The molecule has 1 nitrogen and oxygen atoms in total. The van der Waals surface area contributed by atoms with E-state index in [-0.39, 0.29) is 5.06 Å². The Kier molecular flexibility index (Phi) is 4.52. The first-order valence-corrected chi connectivity index (χ1v) is 9.95. The maximum Gasteiger partial charge on any atom is 0.199 e. The summed E-state index contributed by atoms with van der Waals surface area (Å²) in [6.07, 6.45) is 3.15. The Balaban J connectivity index is 2.15. The maximum absolute atomic E-state index is 6.60. The average Bonchev–Trinajstić information content (AvgIpc) is 2.40. The van der Waals surface area contributed by atoms with E-state index >= 15 is 0 Å². The lowest BCUT2D eigenvalue weighted by Crippen LogP contribution is -2.50. The highest BCUT2D eigenvalue weighted by Gasteiger charge is 2.44. The van der Waals surface area contributed by atoms with E-state index in [9.17, 15) is 0 Å². The van der Waals surface area contributed by atoms with Gasteiger partial charge < -0.3 is 4.43 Å². The molecule has 0 amide bonds. The van der Waals surface area contributed by atoms with Gasteiger partial charge >= 0.3 is 0 Å². The molecular formula is C15H23ClOSi. The minimum atomic E-state index is -1.69. The first-order valence-electron chi connectivity index (χ1n) is 7.04. The van der Waals surface area contributed by atoms with Crippen LogP contribution in [0, 0.1) is 0 Å². The fourth-order valence-electron chi connectivity index (χ4n) is 2.88. The first kappa shape index (κ1) is 14.1. The molecule has 1 heterocycles. The molecule has 1 aliphatic rings. The van der Waals surface area contributed by atoms with Crippen molar-refractivity contribution in [2.75, 3.05) is 0 Å². The van der Waals surface area contributed by atoms with Gasteiger partial charge in [0.25, 0.3) is 0 Å². The monoisotopic (exact) mass is 282 g/mol. The molecule has 1 saturated heterocycles. The molecule has 1 fully saturated rings. The van der Waals surface area contributed by atoms with E-state index in [0.717, 1.165) is 24.9 Å². The van der Waals surface area contributed by atoms with Crippen molar-refractivity contribution in [1.82, 2.24) is 0 Å². The topological polar surface area (TPSA) is 9.23 Å². The maximum atomic E-state index is 6.60. The summed E-state index contributed by atoms with van der Waals surface area (Å²) in [6.45, 7) is 4.41. The van der Waals surface area contributed by atoms with Crippen LogP contribution in [0.3, 0.4) is 0 Å². The van der Waals surface area contributed by atoms with Gasteiger partial charge in [-0.25, -0.2) is 0 Å². The Bertz CT molecular complexity index is 383. The normalized spacial score (nSPS) is 32.4. The van der Waals surface area contributed by atoms with Crippen molar-refractivity contribution < 1.29 is 4.43 Å². The van der Waals surface area contributed by atoms with Gasteiger partial charge in [-0.1, -0.05) is 55.8 Å². The fourth-order valence-corrected chi connectivity index (χ4v) is 7.43. The first-order chi connectivity index (χ1) is 8.61. The van der Waals surface area contributed by atoms with Crippen molar-refractivity contribution in [3.8, 4) is 0 Å².